The van der Waals surface area contributed by atoms with Crippen LogP contribution in [0.4, 0.5) is 4.79 Å². The van der Waals surface area contributed by atoms with Crippen LogP contribution in [0.25, 0.3) is 10.8 Å². The van der Waals surface area contributed by atoms with Crippen LogP contribution in [0.5, 0.6) is 0 Å². The van der Waals surface area contributed by atoms with Crippen molar-refractivity contribution in [2.24, 2.45) is 5.92 Å². The topological polar surface area (TPSA) is 52.6 Å². The van der Waals surface area contributed by atoms with Crippen molar-refractivity contribution >= 4 is 16.8 Å². The summed E-state index contributed by atoms with van der Waals surface area (Å²) in [5, 5.41) is 14.6. The molecular weight excluding hydrogens is 276 g/mol. The smallest absolute Gasteiger partial charge is 0.317 e. The van der Waals surface area contributed by atoms with Crippen molar-refractivity contribution in [3.63, 3.8) is 0 Å². The zero-order chi connectivity index (χ0) is 15.4. The number of aliphatic hydroxyl groups is 1. The summed E-state index contributed by atoms with van der Waals surface area (Å²) in [6, 6.07) is 14.6. The summed E-state index contributed by atoms with van der Waals surface area (Å²) in [5.41, 5.74) is 1.26. The number of nitrogens with zero attached hydrogens (tertiary/aromatic N) is 1. The minimum atomic E-state index is -0.0174. The van der Waals surface area contributed by atoms with Gasteiger partial charge in [-0.3, -0.25) is 0 Å². The number of rotatable bonds is 4. The van der Waals surface area contributed by atoms with Crippen molar-refractivity contribution in [2.75, 3.05) is 26.2 Å². The highest BCUT2D eigenvalue weighted by atomic mass is 16.3. The number of hydrogen-bond donors (Lipinski definition) is 2. The van der Waals surface area contributed by atoms with Gasteiger partial charge in [0.2, 0.25) is 0 Å². The lowest BCUT2D eigenvalue weighted by Crippen LogP contribution is -2.39. The molecule has 2 N–H and O–H groups in total. The lowest BCUT2D eigenvalue weighted by Gasteiger charge is -2.17. The van der Waals surface area contributed by atoms with E-state index in [2.05, 4.69) is 35.6 Å². The van der Waals surface area contributed by atoms with Gasteiger partial charge in [0.05, 0.1) is 0 Å². The molecule has 0 spiro atoms. The fourth-order valence-corrected chi connectivity index (χ4v) is 3.09. The van der Waals surface area contributed by atoms with E-state index in [1.54, 1.807) is 4.90 Å². The van der Waals surface area contributed by atoms with Gasteiger partial charge in [-0.2, -0.15) is 0 Å². The minimum absolute atomic E-state index is 0.0174. The Labute approximate surface area is 130 Å². The third-order valence-corrected chi connectivity index (χ3v) is 4.38. The zero-order valence-corrected chi connectivity index (χ0v) is 12.7. The Hall–Kier alpha value is -2.07. The summed E-state index contributed by atoms with van der Waals surface area (Å²) in [4.78, 5) is 13.9. The van der Waals surface area contributed by atoms with Crippen LogP contribution in [0.1, 0.15) is 12.0 Å². The van der Waals surface area contributed by atoms with Crippen LogP contribution in [-0.2, 0) is 6.42 Å². The van der Waals surface area contributed by atoms with Gasteiger partial charge in [-0.25, -0.2) is 4.79 Å². The third-order valence-electron chi connectivity index (χ3n) is 4.38. The number of benzene rings is 2. The Kier molecular flexibility index (Phi) is 4.59. The molecule has 4 heteroatoms. The van der Waals surface area contributed by atoms with E-state index in [1.807, 2.05) is 12.1 Å². The van der Waals surface area contributed by atoms with E-state index in [9.17, 15) is 4.79 Å². The highest BCUT2D eigenvalue weighted by Gasteiger charge is 2.25. The number of aliphatic hydroxyl groups excluding tert-OH is 1. The molecular formula is C18H22N2O2. The van der Waals surface area contributed by atoms with Gasteiger partial charge in [0.15, 0.2) is 0 Å². The van der Waals surface area contributed by atoms with E-state index >= 15 is 0 Å². The molecule has 22 heavy (non-hydrogen) atoms. The standard InChI is InChI=1S/C18H22N2O2/c21-13-14-9-11-20(12-14)18(22)19-10-8-16-6-3-5-15-4-1-2-7-17(15)16/h1-7,14,21H,8-13H2,(H,19,22)/t14-/m0/s1. The molecule has 1 heterocycles. The second-order valence-electron chi connectivity index (χ2n) is 5.90. The number of amides is 2. The highest BCUT2D eigenvalue weighted by molar-refractivity contribution is 5.85. The van der Waals surface area contributed by atoms with Gasteiger partial charge in [-0.1, -0.05) is 42.5 Å². The molecule has 0 saturated carbocycles. The molecule has 0 aliphatic carbocycles. The second-order valence-corrected chi connectivity index (χ2v) is 5.90. The third kappa shape index (κ3) is 3.22. The Bertz CT molecular complexity index is 651. The van der Waals surface area contributed by atoms with Crippen molar-refractivity contribution in [2.45, 2.75) is 12.8 Å². The summed E-state index contributed by atoms with van der Waals surface area (Å²) in [7, 11) is 0. The van der Waals surface area contributed by atoms with E-state index in [0.717, 1.165) is 19.4 Å². The molecule has 0 bridgehead atoms. The summed E-state index contributed by atoms with van der Waals surface area (Å²) in [6.07, 6.45) is 1.72. The number of carbonyl (C=O) groups excluding carboxylic acids is 1. The predicted molar refractivity (Wildman–Crippen MR) is 87.8 cm³/mol. The summed E-state index contributed by atoms with van der Waals surface area (Å²) in [6.45, 7) is 2.20. The molecule has 0 unspecified atom stereocenters. The molecule has 2 aromatic rings. The highest BCUT2D eigenvalue weighted by Crippen LogP contribution is 2.19. The Balaban J connectivity index is 1.55. The normalized spacial score (nSPS) is 17.9. The first kappa shape index (κ1) is 14.9. The van der Waals surface area contributed by atoms with Crippen molar-refractivity contribution < 1.29 is 9.90 Å². The zero-order valence-electron chi connectivity index (χ0n) is 12.7. The van der Waals surface area contributed by atoms with Crippen LogP contribution in [0.15, 0.2) is 42.5 Å². The fraction of sp³-hybridized carbons (Fsp3) is 0.389. The number of carbonyl (C=O) groups is 1. The molecule has 116 valence electrons. The second kappa shape index (κ2) is 6.79. The summed E-state index contributed by atoms with van der Waals surface area (Å²) < 4.78 is 0. The monoisotopic (exact) mass is 298 g/mol. The Morgan fingerprint density at radius 2 is 2.05 bits per heavy atom. The van der Waals surface area contributed by atoms with Gasteiger partial charge in [-0.15, -0.1) is 0 Å². The number of nitrogens with one attached hydrogen (secondary N) is 1. The van der Waals surface area contributed by atoms with Crippen molar-refractivity contribution in [3.8, 4) is 0 Å². The quantitative estimate of drug-likeness (QED) is 0.910. The molecule has 1 saturated heterocycles. The van der Waals surface area contributed by atoms with Crippen LogP contribution in [-0.4, -0.2) is 42.3 Å². The molecule has 4 nitrogen and oxygen atoms in total. The predicted octanol–water partition coefficient (Wildman–Crippen LogP) is 2.41. The first-order valence-electron chi connectivity index (χ1n) is 7.88. The van der Waals surface area contributed by atoms with Crippen LogP contribution < -0.4 is 5.32 Å². The van der Waals surface area contributed by atoms with Crippen LogP contribution in [0.2, 0.25) is 0 Å². The number of hydrogen-bond acceptors (Lipinski definition) is 2. The van der Waals surface area contributed by atoms with Gasteiger partial charge in [0.25, 0.3) is 0 Å². The first-order chi connectivity index (χ1) is 10.8. The van der Waals surface area contributed by atoms with E-state index in [-0.39, 0.29) is 18.6 Å². The summed E-state index contributed by atoms with van der Waals surface area (Å²) >= 11 is 0. The molecule has 1 fully saturated rings. The van der Waals surface area contributed by atoms with E-state index in [1.165, 1.54) is 16.3 Å². The van der Waals surface area contributed by atoms with Crippen molar-refractivity contribution in [3.05, 3.63) is 48.0 Å². The van der Waals surface area contributed by atoms with E-state index in [4.69, 9.17) is 5.11 Å². The molecule has 1 aliphatic rings. The maximum Gasteiger partial charge on any atom is 0.317 e. The Morgan fingerprint density at radius 3 is 2.86 bits per heavy atom. The largest absolute Gasteiger partial charge is 0.396 e. The molecule has 1 atom stereocenters. The average molecular weight is 298 g/mol. The van der Waals surface area contributed by atoms with Crippen LogP contribution >= 0.6 is 0 Å². The first-order valence-corrected chi connectivity index (χ1v) is 7.88. The maximum atomic E-state index is 12.1. The Morgan fingerprint density at radius 1 is 1.23 bits per heavy atom. The number of urea groups is 1. The molecule has 2 aromatic carbocycles. The number of fused-ring (bicyclic) bond motifs is 1. The molecule has 3 rings (SSSR count). The maximum absolute atomic E-state index is 12.1. The van der Waals surface area contributed by atoms with Gasteiger partial charge < -0.3 is 15.3 Å². The van der Waals surface area contributed by atoms with E-state index in [0.29, 0.717) is 13.1 Å². The fourth-order valence-electron chi connectivity index (χ4n) is 3.09. The van der Waals surface area contributed by atoms with Crippen LogP contribution in [0, 0.1) is 5.92 Å². The average Bonchev–Trinajstić information content (AvgIpc) is 3.04. The molecule has 0 radical (unpaired) electrons. The van der Waals surface area contributed by atoms with Crippen LogP contribution in [0.3, 0.4) is 0 Å². The van der Waals surface area contributed by atoms with E-state index < -0.39 is 0 Å². The lowest BCUT2D eigenvalue weighted by molar-refractivity contribution is 0.198. The van der Waals surface area contributed by atoms with Gasteiger partial charge >= 0.3 is 6.03 Å². The molecule has 0 aromatic heterocycles. The minimum Gasteiger partial charge on any atom is -0.396 e. The SMILES string of the molecule is O=C(NCCc1cccc2ccccc12)N1CC[C@H](CO)C1. The number of likely N-dealkylation sites (tertiary alicyclic amines) is 1. The lowest BCUT2D eigenvalue weighted by atomic mass is 10.0. The summed E-state index contributed by atoms with van der Waals surface area (Å²) in [5.74, 6) is 0.240. The molecule has 1 aliphatic heterocycles. The van der Waals surface area contributed by atoms with Gasteiger partial charge in [0.1, 0.15) is 0 Å². The van der Waals surface area contributed by atoms with Crippen molar-refractivity contribution in [1.29, 1.82) is 0 Å². The molecule has 2 amide bonds. The van der Waals surface area contributed by atoms with Gasteiger partial charge in [-0.05, 0) is 29.2 Å². The van der Waals surface area contributed by atoms with Crippen molar-refractivity contribution in [1.82, 2.24) is 10.2 Å². The van der Waals surface area contributed by atoms with Gasteiger partial charge in [0, 0.05) is 32.2 Å².